The minimum Gasteiger partial charge on any atom is -0.491 e. The fourth-order valence-electron chi connectivity index (χ4n) is 1.82. The van der Waals surface area contributed by atoms with Crippen LogP contribution < -0.4 is 10.1 Å². The third kappa shape index (κ3) is 2.99. The van der Waals surface area contributed by atoms with Crippen molar-refractivity contribution in [1.82, 2.24) is 10.3 Å². The largest absolute Gasteiger partial charge is 0.491 e. The van der Waals surface area contributed by atoms with Crippen molar-refractivity contribution in [3.05, 3.63) is 36.0 Å². The van der Waals surface area contributed by atoms with Gasteiger partial charge in [0.2, 0.25) is 0 Å². The van der Waals surface area contributed by atoms with Gasteiger partial charge in [-0.05, 0) is 39.4 Å². The predicted molar refractivity (Wildman–Crippen MR) is 75.1 cm³/mol. The number of aromatic nitrogens is 1. The van der Waals surface area contributed by atoms with Gasteiger partial charge in [-0.3, -0.25) is 0 Å². The van der Waals surface area contributed by atoms with Gasteiger partial charge in [0.1, 0.15) is 11.3 Å². The summed E-state index contributed by atoms with van der Waals surface area (Å²) in [6.07, 6.45) is 0.985. The van der Waals surface area contributed by atoms with Gasteiger partial charge in [0.05, 0.1) is 6.61 Å². The maximum Gasteiger partial charge on any atom is 0.145 e. The molecule has 0 bridgehead atoms. The molecule has 0 aliphatic carbocycles. The Morgan fingerprint density at radius 2 is 2.11 bits per heavy atom. The van der Waals surface area contributed by atoms with E-state index >= 15 is 0 Å². The standard InChI is InChI=1S/C15H20N2O/c1-11(16-3)9-10-18-14-6-4-5-13-8-7-12(2)17-15(13)14/h4-8,11,16H,9-10H2,1-3H3. The second-order valence-electron chi connectivity index (χ2n) is 4.61. The van der Waals surface area contributed by atoms with Gasteiger partial charge in [-0.15, -0.1) is 0 Å². The lowest BCUT2D eigenvalue weighted by atomic mass is 10.2. The summed E-state index contributed by atoms with van der Waals surface area (Å²) in [6, 6.07) is 10.6. The van der Waals surface area contributed by atoms with Gasteiger partial charge >= 0.3 is 0 Å². The first-order valence-electron chi connectivity index (χ1n) is 6.37. The van der Waals surface area contributed by atoms with Gasteiger partial charge in [-0.1, -0.05) is 18.2 Å². The molecule has 0 radical (unpaired) electrons. The first-order valence-corrected chi connectivity index (χ1v) is 6.37. The van der Waals surface area contributed by atoms with Gasteiger partial charge in [0.25, 0.3) is 0 Å². The third-order valence-corrected chi connectivity index (χ3v) is 3.12. The summed E-state index contributed by atoms with van der Waals surface area (Å²) in [6.45, 7) is 4.85. The Morgan fingerprint density at radius 3 is 2.89 bits per heavy atom. The summed E-state index contributed by atoms with van der Waals surface area (Å²) in [5, 5.41) is 4.33. The van der Waals surface area contributed by atoms with Crippen LogP contribution in [0.2, 0.25) is 0 Å². The number of hydrogen-bond donors (Lipinski definition) is 1. The van der Waals surface area contributed by atoms with E-state index in [0.717, 1.165) is 28.8 Å². The van der Waals surface area contributed by atoms with Crippen molar-refractivity contribution in [2.24, 2.45) is 0 Å². The number of aryl methyl sites for hydroxylation is 1. The number of hydrogen-bond acceptors (Lipinski definition) is 3. The fourth-order valence-corrected chi connectivity index (χ4v) is 1.82. The summed E-state index contributed by atoms with van der Waals surface area (Å²) in [4.78, 5) is 4.55. The van der Waals surface area contributed by atoms with E-state index < -0.39 is 0 Å². The zero-order valence-electron chi connectivity index (χ0n) is 11.2. The van der Waals surface area contributed by atoms with Gasteiger partial charge in [-0.25, -0.2) is 4.98 Å². The monoisotopic (exact) mass is 244 g/mol. The highest BCUT2D eigenvalue weighted by Crippen LogP contribution is 2.24. The Bertz CT molecular complexity index is 525. The molecule has 1 atom stereocenters. The zero-order chi connectivity index (χ0) is 13.0. The van der Waals surface area contributed by atoms with Crippen LogP contribution in [0.3, 0.4) is 0 Å². The number of ether oxygens (including phenoxy) is 1. The second kappa shape index (κ2) is 5.83. The van der Waals surface area contributed by atoms with Gasteiger partial charge in [0.15, 0.2) is 0 Å². The summed E-state index contributed by atoms with van der Waals surface area (Å²) >= 11 is 0. The van der Waals surface area contributed by atoms with Crippen LogP contribution in [0.1, 0.15) is 19.0 Å². The molecule has 0 saturated carbocycles. The van der Waals surface area contributed by atoms with Crippen LogP contribution in [-0.4, -0.2) is 24.7 Å². The Kier molecular flexibility index (Phi) is 4.15. The smallest absolute Gasteiger partial charge is 0.145 e. The number of nitrogens with one attached hydrogen (secondary N) is 1. The molecule has 0 aliphatic heterocycles. The lowest BCUT2D eigenvalue weighted by Gasteiger charge is -2.12. The van der Waals surface area contributed by atoms with Crippen LogP contribution in [0.25, 0.3) is 10.9 Å². The fraction of sp³-hybridized carbons (Fsp3) is 0.400. The number of benzene rings is 1. The number of fused-ring (bicyclic) bond motifs is 1. The summed E-state index contributed by atoms with van der Waals surface area (Å²) in [7, 11) is 1.97. The van der Waals surface area contributed by atoms with E-state index in [-0.39, 0.29) is 0 Å². The van der Waals surface area contributed by atoms with Crippen molar-refractivity contribution >= 4 is 10.9 Å². The third-order valence-electron chi connectivity index (χ3n) is 3.12. The van der Waals surface area contributed by atoms with Gasteiger partial charge in [-0.2, -0.15) is 0 Å². The van der Waals surface area contributed by atoms with Crippen molar-refractivity contribution in [2.75, 3.05) is 13.7 Å². The Balaban J connectivity index is 2.15. The molecule has 3 heteroatoms. The van der Waals surface area contributed by atoms with E-state index in [9.17, 15) is 0 Å². The topological polar surface area (TPSA) is 34.1 Å². The normalized spacial score (nSPS) is 12.6. The molecule has 1 aromatic heterocycles. The SMILES string of the molecule is CNC(C)CCOc1cccc2ccc(C)nc12. The first kappa shape index (κ1) is 12.8. The van der Waals surface area contributed by atoms with E-state index in [1.807, 2.05) is 32.2 Å². The summed E-state index contributed by atoms with van der Waals surface area (Å²) in [5.41, 5.74) is 1.97. The van der Waals surface area contributed by atoms with Gasteiger partial charge < -0.3 is 10.1 Å². The molecule has 1 aromatic carbocycles. The predicted octanol–water partition coefficient (Wildman–Crippen LogP) is 2.92. The van der Waals surface area contributed by atoms with E-state index in [1.54, 1.807) is 0 Å². The molecule has 1 N–H and O–H groups in total. The van der Waals surface area contributed by atoms with E-state index in [1.165, 1.54) is 0 Å². The Morgan fingerprint density at radius 1 is 1.28 bits per heavy atom. The molecule has 0 amide bonds. The molecule has 96 valence electrons. The highest BCUT2D eigenvalue weighted by Gasteiger charge is 2.04. The molecule has 3 nitrogen and oxygen atoms in total. The summed E-state index contributed by atoms with van der Waals surface area (Å²) < 4.78 is 5.84. The van der Waals surface area contributed by atoms with Crippen LogP contribution in [0, 0.1) is 6.92 Å². The maximum absolute atomic E-state index is 5.84. The number of rotatable bonds is 5. The average molecular weight is 244 g/mol. The van der Waals surface area contributed by atoms with Crippen LogP contribution >= 0.6 is 0 Å². The molecule has 18 heavy (non-hydrogen) atoms. The van der Waals surface area contributed by atoms with Crippen molar-refractivity contribution in [2.45, 2.75) is 26.3 Å². The lowest BCUT2D eigenvalue weighted by molar-refractivity contribution is 0.296. The molecule has 1 unspecified atom stereocenters. The minimum atomic E-state index is 0.467. The van der Waals surface area contributed by atoms with E-state index in [0.29, 0.717) is 12.6 Å². The molecular weight excluding hydrogens is 224 g/mol. The quantitative estimate of drug-likeness (QED) is 0.878. The maximum atomic E-state index is 5.84. The van der Waals surface area contributed by atoms with E-state index in [4.69, 9.17) is 4.74 Å². The lowest BCUT2D eigenvalue weighted by Crippen LogP contribution is -2.23. The molecule has 0 spiro atoms. The van der Waals surface area contributed by atoms with Crippen LogP contribution in [0.15, 0.2) is 30.3 Å². The molecule has 0 fully saturated rings. The molecule has 0 saturated heterocycles. The van der Waals surface area contributed by atoms with Crippen molar-refractivity contribution in [3.8, 4) is 5.75 Å². The molecule has 2 aromatic rings. The van der Waals surface area contributed by atoms with Crippen molar-refractivity contribution in [1.29, 1.82) is 0 Å². The van der Waals surface area contributed by atoms with Crippen molar-refractivity contribution < 1.29 is 4.74 Å². The number of para-hydroxylation sites is 1. The van der Waals surface area contributed by atoms with E-state index in [2.05, 4.69) is 29.4 Å². The zero-order valence-corrected chi connectivity index (χ0v) is 11.2. The Labute approximate surface area is 108 Å². The summed E-state index contributed by atoms with van der Waals surface area (Å²) in [5.74, 6) is 0.875. The number of nitrogens with zero attached hydrogens (tertiary/aromatic N) is 1. The highest BCUT2D eigenvalue weighted by atomic mass is 16.5. The van der Waals surface area contributed by atoms with Crippen LogP contribution in [0.4, 0.5) is 0 Å². The highest BCUT2D eigenvalue weighted by molar-refractivity contribution is 5.84. The molecule has 2 rings (SSSR count). The molecular formula is C15H20N2O. The van der Waals surface area contributed by atoms with Crippen molar-refractivity contribution in [3.63, 3.8) is 0 Å². The average Bonchev–Trinajstić information content (AvgIpc) is 2.39. The minimum absolute atomic E-state index is 0.467. The molecule has 0 aliphatic rings. The van der Waals surface area contributed by atoms with Gasteiger partial charge in [0, 0.05) is 17.1 Å². The van der Waals surface area contributed by atoms with Crippen LogP contribution in [0.5, 0.6) is 5.75 Å². The second-order valence-corrected chi connectivity index (χ2v) is 4.61. The molecule has 1 heterocycles. The number of pyridine rings is 1. The first-order chi connectivity index (χ1) is 8.70. The Hall–Kier alpha value is -1.61. The van der Waals surface area contributed by atoms with Crippen LogP contribution in [-0.2, 0) is 0 Å².